The molecule has 2 nitrogen and oxygen atoms in total. The number of carbonyl (C=O) groups is 1. The highest BCUT2D eigenvalue weighted by Crippen LogP contribution is 2.26. The van der Waals surface area contributed by atoms with Gasteiger partial charge in [0.25, 0.3) is 0 Å². The molecule has 0 fully saturated rings. The number of aromatic nitrogens is 1. The summed E-state index contributed by atoms with van der Waals surface area (Å²) in [5.74, 6) is 0.562. The highest BCUT2D eigenvalue weighted by Gasteiger charge is 2.17. The van der Waals surface area contributed by atoms with Crippen molar-refractivity contribution in [1.82, 2.24) is 4.57 Å². The zero-order valence-electron chi connectivity index (χ0n) is 15.5. The van der Waals surface area contributed by atoms with Crippen molar-refractivity contribution in [2.75, 3.05) is 5.75 Å². The molecule has 0 saturated heterocycles. The van der Waals surface area contributed by atoms with Gasteiger partial charge in [-0.05, 0) is 81.3 Å². The number of hydrogen-bond donors (Lipinski definition) is 0. The fraction of sp³-hybridized carbons (Fsp3) is 0.227. The van der Waals surface area contributed by atoms with Crippen LogP contribution in [0.5, 0.6) is 0 Å². The Morgan fingerprint density at radius 2 is 1.65 bits per heavy atom. The van der Waals surface area contributed by atoms with Gasteiger partial charge in [0.1, 0.15) is 0 Å². The Balaban J connectivity index is 1.83. The van der Waals surface area contributed by atoms with E-state index in [0.717, 1.165) is 27.5 Å². The van der Waals surface area contributed by atoms with Crippen LogP contribution < -0.4 is 0 Å². The van der Waals surface area contributed by atoms with E-state index in [0.29, 0.717) is 10.8 Å². The monoisotopic (exact) mass is 383 g/mol. The van der Waals surface area contributed by atoms with E-state index in [9.17, 15) is 4.79 Å². The summed E-state index contributed by atoms with van der Waals surface area (Å²) in [4.78, 5) is 13.8. The van der Waals surface area contributed by atoms with Crippen molar-refractivity contribution in [1.29, 1.82) is 0 Å². The molecule has 0 saturated carbocycles. The van der Waals surface area contributed by atoms with Gasteiger partial charge >= 0.3 is 0 Å². The van der Waals surface area contributed by atoms with Crippen LogP contribution in [0.25, 0.3) is 5.69 Å². The van der Waals surface area contributed by atoms with Gasteiger partial charge in [0.2, 0.25) is 0 Å². The summed E-state index contributed by atoms with van der Waals surface area (Å²) in [5, 5.41) is 0.706. The fourth-order valence-electron chi connectivity index (χ4n) is 3.06. The molecule has 134 valence electrons. The molecule has 1 aromatic heterocycles. The molecule has 1 heterocycles. The third-order valence-corrected chi connectivity index (χ3v) is 5.93. The number of hydrogen-bond acceptors (Lipinski definition) is 2. The second-order valence-electron chi connectivity index (χ2n) is 6.55. The lowest BCUT2D eigenvalue weighted by Crippen LogP contribution is -2.05. The molecule has 0 aliphatic carbocycles. The third-order valence-electron chi connectivity index (χ3n) is 4.66. The van der Waals surface area contributed by atoms with Gasteiger partial charge in [0.15, 0.2) is 5.78 Å². The topological polar surface area (TPSA) is 22.0 Å². The van der Waals surface area contributed by atoms with Crippen molar-refractivity contribution in [3.8, 4) is 5.69 Å². The Kier molecular flexibility index (Phi) is 5.59. The van der Waals surface area contributed by atoms with Crippen LogP contribution in [0.3, 0.4) is 0 Å². The van der Waals surface area contributed by atoms with Crippen molar-refractivity contribution >= 4 is 29.1 Å². The number of halogens is 1. The van der Waals surface area contributed by atoms with Gasteiger partial charge in [-0.3, -0.25) is 4.79 Å². The number of rotatable bonds is 5. The summed E-state index contributed by atoms with van der Waals surface area (Å²) in [6, 6.07) is 16.0. The molecular formula is C22H22ClNOS. The van der Waals surface area contributed by atoms with Crippen molar-refractivity contribution in [3.63, 3.8) is 0 Å². The summed E-state index contributed by atoms with van der Waals surface area (Å²) in [5.41, 5.74) is 6.49. The lowest BCUT2D eigenvalue weighted by atomic mass is 10.1. The van der Waals surface area contributed by atoms with Crippen LogP contribution in [0.1, 0.15) is 32.9 Å². The minimum Gasteiger partial charge on any atom is -0.318 e. The van der Waals surface area contributed by atoms with Crippen molar-refractivity contribution in [3.05, 3.63) is 81.6 Å². The number of aryl methyl sites for hydroxylation is 3. The van der Waals surface area contributed by atoms with Gasteiger partial charge in [-0.2, -0.15) is 0 Å². The molecular weight excluding hydrogens is 362 g/mol. The quantitative estimate of drug-likeness (QED) is 0.379. The molecule has 2 aromatic carbocycles. The molecule has 0 aliphatic heterocycles. The number of carbonyl (C=O) groups excluding carboxylic acids is 1. The Labute approximate surface area is 164 Å². The zero-order chi connectivity index (χ0) is 18.8. The van der Waals surface area contributed by atoms with Crippen molar-refractivity contribution in [2.24, 2.45) is 0 Å². The molecule has 0 bridgehead atoms. The standard InChI is InChI=1S/C22H22ClNOS/c1-14-5-8-19(11-15(14)2)24-16(3)12-21(17(24)4)22(25)13-26-20-9-6-18(23)7-10-20/h5-12H,13H2,1-4H3. The first-order valence-corrected chi connectivity index (χ1v) is 9.91. The van der Waals surface area contributed by atoms with E-state index < -0.39 is 0 Å². The van der Waals surface area contributed by atoms with Gasteiger partial charge in [0.05, 0.1) is 5.75 Å². The second kappa shape index (κ2) is 7.73. The number of Topliss-reactive ketones (excluding diaryl/α,β-unsaturated/α-hetero) is 1. The van der Waals surface area contributed by atoms with E-state index in [1.807, 2.05) is 44.2 Å². The van der Waals surface area contributed by atoms with E-state index in [-0.39, 0.29) is 5.78 Å². The number of benzene rings is 2. The van der Waals surface area contributed by atoms with E-state index in [2.05, 4.69) is 36.6 Å². The number of ketones is 1. The zero-order valence-corrected chi connectivity index (χ0v) is 17.0. The second-order valence-corrected chi connectivity index (χ2v) is 8.04. The maximum absolute atomic E-state index is 12.8. The highest BCUT2D eigenvalue weighted by atomic mass is 35.5. The van der Waals surface area contributed by atoms with Crippen LogP contribution in [0, 0.1) is 27.7 Å². The highest BCUT2D eigenvalue weighted by molar-refractivity contribution is 8.00. The molecule has 3 rings (SSSR count). The molecule has 0 spiro atoms. The molecule has 0 atom stereocenters. The molecule has 3 aromatic rings. The van der Waals surface area contributed by atoms with Crippen LogP contribution in [-0.4, -0.2) is 16.1 Å². The largest absolute Gasteiger partial charge is 0.318 e. The predicted octanol–water partition coefficient (Wildman–Crippen LogP) is 6.34. The summed E-state index contributed by atoms with van der Waals surface area (Å²) < 4.78 is 2.16. The lowest BCUT2D eigenvalue weighted by Gasteiger charge is -2.12. The summed E-state index contributed by atoms with van der Waals surface area (Å²) in [7, 11) is 0. The first kappa shape index (κ1) is 18.8. The van der Waals surface area contributed by atoms with Crippen LogP contribution in [-0.2, 0) is 0 Å². The Morgan fingerprint density at radius 1 is 0.962 bits per heavy atom. The molecule has 0 unspecified atom stereocenters. The molecule has 0 aliphatic rings. The fourth-order valence-corrected chi connectivity index (χ4v) is 3.97. The minimum absolute atomic E-state index is 0.146. The van der Waals surface area contributed by atoms with Gasteiger partial charge in [-0.15, -0.1) is 11.8 Å². The van der Waals surface area contributed by atoms with Crippen LogP contribution in [0.2, 0.25) is 5.02 Å². The predicted molar refractivity (Wildman–Crippen MR) is 111 cm³/mol. The van der Waals surface area contributed by atoms with Gasteiger partial charge in [-0.1, -0.05) is 17.7 Å². The van der Waals surface area contributed by atoms with E-state index in [1.165, 1.54) is 22.9 Å². The minimum atomic E-state index is 0.146. The van der Waals surface area contributed by atoms with Gasteiger partial charge in [0, 0.05) is 32.6 Å². The molecule has 0 N–H and O–H groups in total. The van der Waals surface area contributed by atoms with Gasteiger partial charge in [-0.25, -0.2) is 0 Å². The van der Waals surface area contributed by atoms with Crippen LogP contribution >= 0.6 is 23.4 Å². The summed E-state index contributed by atoms with van der Waals surface area (Å²) in [6.07, 6.45) is 0. The third kappa shape index (κ3) is 3.89. The first-order valence-electron chi connectivity index (χ1n) is 8.55. The van der Waals surface area contributed by atoms with Crippen LogP contribution in [0.15, 0.2) is 53.4 Å². The average molecular weight is 384 g/mol. The normalized spacial score (nSPS) is 11.0. The molecule has 26 heavy (non-hydrogen) atoms. The smallest absolute Gasteiger partial charge is 0.174 e. The number of thioether (sulfide) groups is 1. The Bertz CT molecular complexity index is 957. The van der Waals surface area contributed by atoms with Crippen LogP contribution in [0.4, 0.5) is 0 Å². The van der Waals surface area contributed by atoms with E-state index >= 15 is 0 Å². The maximum atomic E-state index is 12.8. The Morgan fingerprint density at radius 3 is 2.31 bits per heavy atom. The van der Waals surface area contributed by atoms with Crippen molar-refractivity contribution in [2.45, 2.75) is 32.6 Å². The van der Waals surface area contributed by atoms with Crippen molar-refractivity contribution < 1.29 is 4.79 Å². The summed E-state index contributed by atoms with van der Waals surface area (Å²) >= 11 is 7.45. The maximum Gasteiger partial charge on any atom is 0.174 e. The van der Waals surface area contributed by atoms with E-state index in [1.54, 1.807) is 0 Å². The molecule has 4 heteroatoms. The average Bonchev–Trinajstić information content (AvgIpc) is 2.91. The van der Waals surface area contributed by atoms with E-state index in [4.69, 9.17) is 11.6 Å². The molecule has 0 radical (unpaired) electrons. The lowest BCUT2D eigenvalue weighted by molar-refractivity contribution is 0.102. The number of nitrogens with zero attached hydrogens (tertiary/aromatic N) is 1. The summed E-state index contributed by atoms with van der Waals surface area (Å²) in [6.45, 7) is 8.28. The Hall–Kier alpha value is -1.97. The molecule has 0 amide bonds. The first-order chi connectivity index (χ1) is 12.4. The SMILES string of the molecule is Cc1ccc(-n2c(C)cc(C(=O)CSc3ccc(Cl)cc3)c2C)cc1C. The van der Waals surface area contributed by atoms with Gasteiger partial charge < -0.3 is 4.57 Å².